The van der Waals surface area contributed by atoms with E-state index in [2.05, 4.69) is 5.32 Å². The molecule has 1 amide bonds. The Morgan fingerprint density at radius 1 is 1.16 bits per heavy atom. The monoisotopic (exact) mass is 344 g/mol. The molecule has 0 aliphatic rings. The van der Waals surface area contributed by atoms with E-state index in [9.17, 15) is 19.7 Å². The summed E-state index contributed by atoms with van der Waals surface area (Å²) in [7, 11) is 0. The number of rotatable bonds is 5. The Labute approximate surface area is 143 Å². The van der Waals surface area contributed by atoms with Crippen molar-refractivity contribution < 1.29 is 24.4 Å². The number of nitrogens with one attached hydrogen (secondary N) is 1. The van der Waals surface area contributed by atoms with Crippen molar-refractivity contribution in [3.63, 3.8) is 0 Å². The average molecular weight is 344 g/mol. The van der Waals surface area contributed by atoms with Crippen molar-refractivity contribution in [3.05, 3.63) is 63.2 Å². The Balaban J connectivity index is 2.03. The van der Waals surface area contributed by atoms with E-state index in [4.69, 9.17) is 9.84 Å². The van der Waals surface area contributed by atoms with Gasteiger partial charge in [-0.3, -0.25) is 14.9 Å². The number of nitro benzene ring substituents is 1. The van der Waals surface area contributed by atoms with Gasteiger partial charge < -0.3 is 15.2 Å². The van der Waals surface area contributed by atoms with Crippen molar-refractivity contribution in [2.45, 2.75) is 13.8 Å². The number of phenols is 1. The normalized spacial score (nSPS) is 10.2. The van der Waals surface area contributed by atoms with E-state index in [1.165, 1.54) is 36.4 Å². The first-order valence-electron chi connectivity index (χ1n) is 7.29. The third-order valence-corrected chi connectivity index (χ3v) is 3.52. The van der Waals surface area contributed by atoms with Crippen LogP contribution in [0.25, 0.3) is 0 Å². The highest BCUT2D eigenvalue weighted by Gasteiger charge is 2.18. The van der Waals surface area contributed by atoms with Crippen molar-refractivity contribution >= 4 is 23.3 Å². The number of anilines is 1. The van der Waals surface area contributed by atoms with Gasteiger partial charge in [-0.25, -0.2) is 4.79 Å². The number of phenolic OH excluding ortho intramolecular Hbond substituents is 1. The lowest BCUT2D eigenvalue weighted by molar-refractivity contribution is -0.384. The Morgan fingerprint density at radius 3 is 2.36 bits per heavy atom. The van der Waals surface area contributed by atoms with Crippen molar-refractivity contribution in [2.24, 2.45) is 0 Å². The molecule has 2 aromatic rings. The molecule has 0 saturated heterocycles. The van der Waals surface area contributed by atoms with Crippen LogP contribution in [-0.2, 0) is 9.53 Å². The zero-order valence-electron chi connectivity index (χ0n) is 13.6. The van der Waals surface area contributed by atoms with Gasteiger partial charge in [0.2, 0.25) is 0 Å². The van der Waals surface area contributed by atoms with Gasteiger partial charge in [-0.2, -0.15) is 0 Å². The smallest absolute Gasteiger partial charge is 0.338 e. The quantitative estimate of drug-likeness (QED) is 0.489. The standard InChI is InChI=1S/C17H16N2O6/c1-10-7-14(15(19(23)24)8-11(10)2)18-16(21)9-25-17(22)12-3-5-13(20)6-4-12/h3-8,20H,9H2,1-2H3,(H,18,21). The predicted molar refractivity (Wildman–Crippen MR) is 89.6 cm³/mol. The van der Waals surface area contributed by atoms with Gasteiger partial charge in [0.1, 0.15) is 11.4 Å². The van der Waals surface area contributed by atoms with Crippen LogP contribution in [0.2, 0.25) is 0 Å². The van der Waals surface area contributed by atoms with Gasteiger partial charge >= 0.3 is 5.97 Å². The summed E-state index contributed by atoms with van der Waals surface area (Å²) in [6.45, 7) is 2.90. The molecule has 0 bridgehead atoms. The van der Waals surface area contributed by atoms with Crippen LogP contribution in [0.15, 0.2) is 36.4 Å². The summed E-state index contributed by atoms with van der Waals surface area (Å²) in [5.41, 5.74) is 1.48. The van der Waals surface area contributed by atoms with Gasteiger partial charge in [0.15, 0.2) is 6.61 Å². The largest absolute Gasteiger partial charge is 0.508 e. The summed E-state index contributed by atoms with van der Waals surface area (Å²) in [5, 5.41) is 22.6. The zero-order valence-corrected chi connectivity index (χ0v) is 13.6. The molecule has 2 aromatic carbocycles. The molecule has 130 valence electrons. The maximum Gasteiger partial charge on any atom is 0.338 e. The fourth-order valence-electron chi connectivity index (χ4n) is 2.05. The minimum atomic E-state index is -0.746. The Morgan fingerprint density at radius 2 is 1.76 bits per heavy atom. The second-order valence-electron chi connectivity index (χ2n) is 5.38. The lowest BCUT2D eigenvalue weighted by Gasteiger charge is -2.09. The summed E-state index contributed by atoms with van der Waals surface area (Å²) >= 11 is 0. The molecule has 8 heteroatoms. The van der Waals surface area contributed by atoms with Gasteiger partial charge in [-0.1, -0.05) is 0 Å². The Hall–Kier alpha value is -3.42. The molecule has 0 heterocycles. The van der Waals surface area contributed by atoms with Gasteiger partial charge in [-0.15, -0.1) is 0 Å². The number of ether oxygens (including phenoxy) is 1. The third kappa shape index (κ3) is 4.54. The summed E-state index contributed by atoms with van der Waals surface area (Å²) in [6.07, 6.45) is 0. The topological polar surface area (TPSA) is 119 Å². The maximum atomic E-state index is 11.9. The molecule has 0 aliphatic heterocycles. The van der Waals surface area contributed by atoms with Gasteiger partial charge in [0, 0.05) is 6.07 Å². The lowest BCUT2D eigenvalue weighted by atomic mass is 10.1. The summed E-state index contributed by atoms with van der Waals surface area (Å²) in [5.74, 6) is -1.44. The van der Waals surface area contributed by atoms with Crippen LogP contribution in [0.5, 0.6) is 5.75 Å². The second kappa shape index (κ2) is 7.43. The summed E-state index contributed by atoms with van der Waals surface area (Å²) in [6, 6.07) is 8.19. The minimum Gasteiger partial charge on any atom is -0.508 e. The summed E-state index contributed by atoms with van der Waals surface area (Å²) < 4.78 is 4.85. The molecule has 0 unspecified atom stereocenters. The van der Waals surface area contributed by atoms with E-state index in [0.29, 0.717) is 0 Å². The zero-order chi connectivity index (χ0) is 18.6. The summed E-state index contributed by atoms with van der Waals surface area (Å²) in [4.78, 5) is 34.2. The van der Waals surface area contributed by atoms with Gasteiger partial charge in [-0.05, 0) is 55.3 Å². The van der Waals surface area contributed by atoms with Crippen molar-refractivity contribution in [3.8, 4) is 5.75 Å². The number of benzene rings is 2. The molecule has 2 N–H and O–H groups in total. The number of carbonyl (C=O) groups excluding carboxylic acids is 2. The first kappa shape index (κ1) is 17.9. The molecule has 0 atom stereocenters. The van der Waals surface area contributed by atoms with E-state index < -0.39 is 23.4 Å². The fraction of sp³-hybridized carbons (Fsp3) is 0.176. The molecule has 8 nitrogen and oxygen atoms in total. The van der Waals surface area contributed by atoms with E-state index >= 15 is 0 Å². The lowest BCUT2D eigenvalue weighted by Crippen LogP contribution is -2.21. The van der Waals surface area contributed by atoms with E-state index in [-0.39, 0.29) is 22.7 Å². The van der Waals surface area contributed by atoms with E-state index in [0.717, 1.165) is 11.1 Å². The van der Waals surface area contributed by atoms with Crippen LogP contribution in [0.3, 0.4) is 0 Å². The van der Waals surface area contributed by atoms with Crippen LogP contribution >= 0.6 is 0 Å². The number of carbonyl (C=O) groups is 2. The average Bonchev–Trinajstić information content (AvgIpc) is 2.56. The van der Waals surface area contributed by atoms with Crippen LogP contribution in [0.4, 0.5) is 11.4 Å². The number of esters is 1. The Bertz CT molecular complexity index is 830. The number of aryl methyl sites for hydroxylation is 2. The van der Waals surface area contributed by atoms with Crippen LogP contribution in [-0.4, -0.2) is 28.5 Å². The van der Waals surface area contributed by atoms with Crippen molar-refractivity contribution in [2.75, 3.05) is 11.9 Å². The SMILES string of the molecule is Cc1cc(NC(=O)COC(=O)c2ccc(O)cc2)c([N+](=O)[O-])cc1C. The van der Waals surface area contributed by atoms with Crippen LogP contribution in [0.1, 0.15) is 21.5 Å². The number of nitro groups is 1. The molecule has 25 heavy (non-hydrogen) atoms. The Kier molecular flexibility index (Phi) is 5.33. The highest BCUT2D eigenvalue weighted by molar-refractivity contribution is 5.97. The third-order valence-electron chi connectivity index (χ3n) is 3.52. The highest BCUT2D eigenvalue weighted by atomic mass is 16.6. The molecule has 0 saturated carbocycles. The number of hydrogen-bond acceptors (Lipinski definition) is 6. The number of nitrogens with zero attached hydrogens (tertiary/aromatic N) is 1. The number of hydrogen-bond donors (Lipinski definition) is 2. The molecular formula is C17H16N2O6. The van der Waals surface area contributed by atoms with Crippen molar-refractivity contribution in [1.29, 1.82) is 0 Å². The van der Waals surface area contributed by atoms with Gasteiger partial charge in [0.05, 0.1) is 10.5 Å². The predicted octanol–water partition coefficient (Wildman–Crippen LogP) is 2.71. The van der Waals surface area contributed by atoms with E-state index in [1.54, 1.807) is 13.8 Å². The molecular weight excluding hydrogens is 328 g/mol. The molecule has 2 rings (SSSR count). The number of aromatic hydroxyl groups is 1. The van der Waals surface area contributed by atoms with Crippen LogP contribution < -0.4 is 5.32 Å². The molecule has 0 spiro atoms. The van der Waals surface area contributed by atoms with Crippen molar-refractivity contribution in [1.82, 2.24) is 0 Å². The van der Waals surface area contributed by atoms with Gasteiger partial charge in [0.25, 0.3) is 11.6 Å². The molecule has 0 aliphatic carbocycles. The second-order valence-corrected chi connectivity index (χ2v) is 5.38. The fourth-order valence-corrected chi connectivity index (χ4v) is 2.05. The molecule has 0 fully saturated rings. The molecule has 0 radical (unpaired) electrons. The van der Waals surface area contributed by atoms with E-state index in [1.807, 2.05) is 0 Å². The minimum absolute atomic E-state index is 0.00339. The first-order valence-corrected chi connectivity index (χ1v) is 7.29. The first-order chi connectivity index (χ1) is 11.8. The highest BCUT2D eigenvalue weighted by Crippen LogP contribution is 2.27. The molecule has 0 aromatic heterocycles. The maximum absolute atomic E-state index is 11.9. The van der Waals surface area contributed by atoms with Crippen LogP contribution in [0, 0.1) is 24.0 Å². The number of amides is 1.